The number of nitrogens with zero attached hydrogens (tertiary/aromatic N) is 2. The van der Waals surface area contributed by atoms with Crippen LogP contribution in [0.4, 0.5) is 5.69 Å². The fourth-order valence-electron chi connectivity index (χ4n) is 4.21. The average molecular weight is 522 g/mol. The quantitative estimate of drug-likeness (QED) is 0.412. The van der Waals surface area contributed by atoms with Gasteiger partial charge in [0.25, 0.3) is 10.0 Å². The van der Waals surface area contributed by atoms with Crippen LogP contribution in [0, 0.1) is 13.8 Å². The molecule has 8 heteroatoms. The monoisotopic (exact) mass is 521 g/mol. The van der Waals surface area contributed by atoms with E-state index < -0.39 is 28.5 Å². The number of likely N-dealkylation sites (N-methyl/N-ethyl adjacent to an activating group) is 1. The second kappa shape index (κ2) is 12.5. The van der Waals surface area contributed by atoms with E-state index in [1.165, 1.54) is 17.0 Å². The van der Waals surface area contributed by atoms with Crippen LogP contribution >= 0.6 is 0 Å². The van der Waals surface area contributed by atoms with Gasteiger partial charge in [-0.05, 0) is 63.4 Å². The van der Waals surface area contributed by atoms with Gasteiger partial charge in [-0.15, -0.1) is 0 Å². The molecule has 0 fully saturated rings. The normalized spacial score (nSPS) is 12.0. The molecule has 0 saturated heterocycles. The van der Waals surface area contributed by atoms with Crippen molar-refractivity contribution in [2.45, 2.75) is 45.1 Å². The summed E-state index contributed by atoms with van der Waals surface area (Å²) in [6.45, 7) is 7.51. The first-order valence-electron chi connectivity index (χ1n) is 12.4. The van der Waals surface area contributed by atoms with E-state index >= 15 is 0 Å². The summed E-state index contributed by atoms with van der Waals surface area (Å²) in [6, 6.07) is 22.4. The summed E-state index contributed by atoms with van der Waals surface area (Å²) < 4.78 is 28.7. The summed E-state index contributed by atoms with van der Waals surface area (Å²) in [5.41, 5.74) is 3.17. The number of nitrogens with one attached hydrogen (secondary N) is 1. The van der Waals surface area contributed by atoms with E-state index in [2.05, 4.69) is 5.32 Å². The fourth-order valence-corrected chi connectivity index (χ4v) is 5.71. The van der Waals surface area contributed by atoms with Gasteiger partial charge >= 0.3 is 0 Å². The van der Waals surface area contributed by atoms with Gasteiger partial charge in [0.05, 0.1) is 10.6 Å². The standard InChI is InChI=1S/C29H35N3O4S/c1-5-30-29(34)24(4)31(19-18-25-12-8-6-9-13-25)28(33)21-32(27-17-16-22(2)20-23(27)3)37(35,36)26-14-10-7-11-15-26/h6-17,20,24H,5,18-19,21H2,1-4H3,(H,30,34). The van der Waals surface area contributed by atoms with E-state index in [0.29, 0.717) is 18.7 Å². The molecule has 0 aliphatic heterocycles. The number of carbonyl (C=O) groups is 2. The Bertz CT molecular complexity index is 1310. The summed E-state index contributed by atoms with van der Waals surface area (Å²) in [7, 11) is -4.06. The van der Waals surface area contributed by atoms with Crippen LogP contribution in [0.25, 0.3) is 0 Å². The third kappa shape index (κ3) is 6.98. The maximum absolute atomic E-state index is 13.8. The number of anilines is 1. The number of amides is 2. The molecule has 0 aliphatic carbocycles. The summed E-state index contributed by atoms with van der Waals surface area (Å²) in [4.78, 5) is 28.1. The molecule has 1 atom stereocenters. The SMILES string of the molecule is CCNC(=O)C(C)N(CCc1ccccc1)C(=O)CN(c1ccc(C)cc1C)S(=O)(=O)c1ccccc1. The predicted molar refractivity (Wildman–Crippen MR) is 147 cm³/mol. The van der Waals surface area contributed by atoms with Crippen molar-refractivity contribution in [2.75, 3.05) is 23.9 Å². The van der Waals surface area contributed by atoms with Gasteiger partial charge in [0, 0.05) is 13.1 Å². The zero-order valence-corrected chi connectivity index (χ0v) is 22.7. The van der Waals surface area contributed by atoms with Gasteiger partial charge in [0.15, 0.2) is 0 Å². The molecule has 1 N–H and O–H groups in total. The summed E-state index contributed by atoms with van der Waals surface area (Å²) in [6.07, 6.45) is 0.533. The van der Waals surface area contributed by atoms with Crippen LogP contribution in [0.2, 0.25) is 0 Å². The minimum atomic E-state index is -4.06. The Hall–Kier alpha value is -3.65. The van der Waals surface area contributed by atoms with Crippen LogP contribution in [0.1, 0.15) is 30.5 Å². The largest absolute Gasteiger partial charge is 0.355 e. The molecule has 3 aromatic rings. The van der Waals surface area contributed by atoms with E-state index in [-0.39, 0.29) is 17.3 Å². The number of sulfonamides is 1. The Morgan fingerprint density at radius 3 is 2.14 bits per heavy atom. The first-order chi connectivity index (χ1) is 17.6. The first-order valence-corrected chi connectivity index (χ1v) is 13.8. The number of carbonyl (C=O) groups excluding carboxylic acids is 2. The molecule has 37 heavy (non-hydrogen) atoms. The second-order valence-corrected chi connectivity index (χ2v) is 10.9. The van der Waals surface area contributed by atoms with Crippen LogP contribution in [0.15, 0.2) is 83.8 Å². The van der Waals surface area contributed by atoms with E-state index in [1.807, 2.05) is 63.2 Å². The second-order valence-electron chi connectivity index (χ2n) is 9.01. The lowest BCUT2D eigenvalue weighted by molar-refractivity contribution is -0.138. The number of hydrogen-bond acceptors (Lipinski definition) is 4. The molecule has 3 rings (SSSR count). The van der Waals surface area contributed by atoms with Crippen molar-refractivity contribution in [2.24, 2.45) is 0 Å². The number of benzene rings is 3. The van der Waals surface area contributed by atoms with Crippen LogP contribution in [0.5, 0.6) is 0 Å². The highest BCUT2D eigenvalue weighted by Crippen LogP contribution is 2.28. The maximum atomic E-state index is 13.8. The smallest absolute Gasteiger partial charge is 0.264 e. The minimum absolute atomic E-state index is 0.0929. The Morgan fingerprint density at radius 1 is 0.919 bits per heavy atom. The molecular weight excluding hydrogens is 486 g/mol. The highest BCUT2D eigenvalue weighted by Gasteiger charge is 2.32. The van der Waals surface area contributed by atoms with Gasteiger partial charge in [0.2, 0.25) is 11.8 Å². The van der Waals surface area contributed by atoms with Gasteiger partial charge in [-0.3, -0.25) is 13.9 Å². The lowest BCUT2D eigenvalue weighted by atomic mass is 10.1. The van der Waals surface area contributed by atoms with Gasteiger partial charge in [-0.2, -0.15) is 0 Å². The molecule has 0 aliphatic rings. The van der Waals surface area contributed by atoms with Crippen LogP contribution in [-0.4, -0.2) is 50.8 Å². The van der Waals surface area contributed by atoms with E-state index in [1.54, 1.807) is 31.2 Å². The van der Waals surface area contributed by atoms with Crippen molar-refractivity contribution in [3.05, 3.63) is 95.6 Å². The third-order valence-corrected chi connectivity index (χ3v) is 8.01. The average Bonchev–Trinajstić information content (AvgIpc) is 2.89. The van der Waals surface area contributed by atoms with Crippen molar-refractivity contribution < 1.29 is 18.0 Å². The van der Waals surface area contributed by atoms with Crippen molar-refractivity contribution >= 4 is 27.5 Å². The van der Waals surface area contributed by atoms with Crippen LogP contribution < -0.4 is 9.62 Å². The minimum Gasteiger partial charge on any atom is -0.355 e. The highest BCUT2D eigenvalue weighted by molar-refractivity contribution is 7.92. The van der Waals surface area contributed by atoms with Gasteiger partial charge in [-0.1, -0.05) is 66.2 Å². The summed E-state index contributed by atoms with van der Waals surface area (Å²) in [5.74, 6) is -0.734. The van der Waals surface area contributed by atoms with Gasteiger partial charge < -0.3 is 10.2 Å². The summed E-state index contributed by atoms with van der Waals surface area (Å²) in [5, 5.41) is 2.77. The van der Waals surface area contributed by atoms with Crippen molar-refractivity contribution in [3.8, 4) is 0 Å². The lowest BCUT2D eigenvalue weighted by Crippen LogP contribution is -2.52. The molecule has 0 bridgehead atoms. The predicted octanol–water partition coefficient (Wildman–Crippen LogP) is 4.09. The molecule has 7 nitrogen and oxygen atoms in total. The lowest BCUT2D eigenvalue weighted by Gasteiger charge is -2.32. The third-order valence-electron chi connectivity index (χ3n) is 6.23. The molecule has 0 saturated carbocycles. The molecule has 1 unspecified atom stereocenters. The Labute approximate surface area is 220 Å². The zero-order chi connectivity index (χ0) is 27.0. The number of hydrogen-bond donors (Lipinski definition) is 1. The zero-order valence-electron chi connectivity index (χ0n) is 21.8. The van der Waals surface area contributed by atoms with Gasteiger partial charge in [-0.25, -0.2) is 8.42 Å². The number of rotatable bonds is 11. The van der Waals surface area contributed by atoms with Crippen LogP contribution in [-0.2, 0) is 26.0 Å². The van der Waals surface area contributed by atoms with Crippen molar-refractivity contribution in [3.63, 3.8) is 0 Å². The Morgan fingerprint density at radius 2 is 1.54 bits per heavy atom. The van der Waals surface area contributed by atoms with E-state index in [9.17, 15) is 18.0 Å². The number of aryl methyl sites for hydroxylation is 2. The first kappa shape index (κ1) is 27.9. The molecule has 3 aromatic carbocycles. The van der Waals surface area contributed by atoms with Crippen molar-refractivity contribution in [1.82, 2.24) is 10.2 Å². The van der Waals surface area contributed by atoms with Crippen molar-refractivity contribution in [1.29, 1.82) is 0 Å². The summed E-state index contributed by atoms with van der Waals surface area (Å²) >= 11 is 0. The molecule has 196 valence electrons. The van der Waals surface area contributed by atoms with Gasteiger partial charge in [0.1, 0.15) is 12.6 Å². The molecule has 2 amide bonds. The van der Waals surface area contributed by atoms with E-state index in [4.69, 9.17) is 0 Å². The van der Waals surface area contributed by atoms with E-state index in [0.717, 1.165) is 21.0 Å². The fraction of sp³-hybridized carbons (Fsp3) is 0.310. The highest BCUT2D eigenvalue weighted by atomic mass is 32.2. The molecule has 0 heterocycles. The topological polar surface area (TPSA) is 86.8 Å². The molecular formula is C29H35N3O4S. The van der Waals surface area contributed by atoms with Crippen LogP contribution in [0.3, 0.4) is 0 Å². The molecule has 0 aromatic heterocycles. The molecule has 0 spiro atoms. The Balaban J connectivity index is 1.99. The Kier molecular flexibility index (Phi) is 9.47. The maximum Gasteiger partial charge on any atom is 0.264 e. The molecule has 0 radical (unpaired) electrons.